The first-order chi connectivity index (χ1) is 7.02. The third kappa shape index (κ3) is 2.71. The van der Waals surface area contributed by atoms with Gasteiger partial charge in [-0.15, -0.1) is 10.2 Å². The van der Waals surface area contributed by atoms with E-state index >= 15 is 0 Å². The number of hydrogen-bond donors (Lipinski definition) is 3. The highest BCUT2D eigenvalue weighted by Crippen LogP contribution is 2.12. The van der Waals surface area contributed by atoms with Crippen molar-refractivity contribution in [1.82, 2.24) is 20.2 Å². The lowest BCUT2D eigenvalue weighted by Gasteiger charge is -2.16. The van der Waals surface area contributed by atoms with Crippen molar-refractivity contribution in [2.45, 2.75) is 18.5 Å². The zero-order chi connectivity index (χ0) is 11.4. The molecule has 0 fully saturated rings. The smallest absolute Gasteiger partial charge is 0.322 e. The van der Waals surface area contributed by atoms with E-state index in [9.17, 15) is 9.59 Å². The van der Waals surface area contributed by atoms with Crippen LogP contribution in [0.1, 0.15) is 12.5 Å². The van der Waals surface area contributed by atoms with Gasteiger partial charge >= 0.3 is 11.9 Å². The van der Waals surface area contributed by atoms with Gasteiger partial charge in [0.1, 0.15) is 12.1 Å². The Bertz CT molecular complexity index is 350. The molecule has 0 amide bonds. The molecule has 82 valence electrons. The molecule has 0 saturated heterocycles. The summed E-state index contributed by atoms with van der Waals surface area (Å²) in [6.45, 7) is 0. The van der Waals surface area contributed by atoms with Crippen molar-refractivity contribution in [3.8, 4) is 0 Å². The minimum absolute atomic E-state index is 0.482. The van der Waals surface area contributed by atoms with Crippen LogP contribution in [0, 0.1) is 0 Å². The number of rotatable bonds is 5. The number of hydrogen-bond acceptors (Lipinski definition) is 6. The SMILES string of the molecule is NC(C(=O)O)C(CC(=O)O)n1ncnn1. The second-order valence-corrected chi connectivity index (χ2v) is 2.79. The highest BCUT2D eigenvalue weighted by atomic mass is 16.4. The monoisotopic (exact) mass is 215 g/mol. The Balaban J connectivity index is 2.88. The molecular weight excluding hydrogens is 206 g/mol. The average Bonchev–Trinajstić information content (AvgIpc) is 2.65. The maximum atomic E-state index is 10.6. The van der Waals surface area contributed by atoms with Crippen LogP contribution in [0.2, 0.25) is 0 Å². The summed E-state index contributed by atoms with van der Waals surface area (Å²) in [6.07, 6.45) is 0.591. The van der Waals surface area contributed by atoms with Gasteiger partial charge in [-0.25, -0.2) is 0 Å². The molecule has 2 atom stereocenters. The minimum atomic E-state index is -1.39. The number of aromatic nitrogens is 4. The van der Waals surface area contributed by atoms with Gasteiger partial charge in [0.25, 0.3) is 0 Å². The Morgan fingerprint density at radius 1 is 1.47 bits per heavy atom. The summed E-state index contributed by atoms with van der Waals surface area (Å²) in [5.41, 5.74) is 5.31. The lowest BCUT2D eigenvalue weighted by atomic mass is 10.1. The topological polar surface area (TPSA) is 144 Å². The van der Waals surface area contributed by atoms with E-state index in [1.165, 1.54) is 0 Å². The lowest BCUT2D eigenvalue weighted by Crippen LogP contribution is -2.41. The van der Waals surface area contributed by atoms with Crippen LogP contribution in [0.4, 0.5) is 0 Å². The zero-order valence-electron chi connectivity index (χ0n) is 7.52. The summed E-state index contributed by atoms with van der Waals surface area (Å²) in [5, 5.41) is 27.6. The van der Waals surface area contributed by atoms with Crippen molar-refractivity contribution in [2.24, 2.45) is 5.73 Å². The molecule has 9 heteroatoms. The molecule has 0 radical (unpaired) electrons. The summed E-state index contributed by atoms with van der Waals surface area (Å²) in [6, 6.07) is -2.45. The fraction of sp³-hybridized carbons (Fsp3) is 0.500. The third-order valence-electron chi connectivity index (χ3n) is 1.74. The molecular formula is C6H9N5O4. The molecule has 0 bridgehead atoms. The summed E-state index contributed by atoms with van der Waals surface area (Å²) in [7, 11) is 0. The van der Waals surface area contributed by atoms with Crippen molar-refractivity contribution in [3.63, 3.8) is 0 Å². The van der Waals surface area contributed by atoms with Gasteiger partial charge in [0.2, 0.25) is 0 Å². The van der Waals surface area contributed by atoms with E-state index in [1.807, 2.05) is 0 Å². The molecule has 0 aliphatic heterocycles. The van der Waals surface area contributed by atoms with Gasteiger partial charge in [-0.05, 0) is 5.21 Å². The summed E-state index contributed by atoms with van der Waals surface area (Å²) in [4.78, 5) is 22.0. The highest BCUT2D eigenvalue weighted by Gasteiger charge is 2.29. The van der Waals surface area contributed by atoms with Crippen molar-refractivity contribution >= 4 is 11.9 Å². The average molecular weight is 215 g/mol. The molecule has 0 aliphatic carbocycles. The molecule has 2 unspecified atom stereocenters. The first-order valence-corrected chi connectivity index (χ1v) is 3.95. The number of carbonyl (C=O) groups is 2. The van der Waals surface area contributed by atoms with Crippen LogP contribution in [0.15, 0.2) is 6.33 Å². The second kappa shape index (κ2) is 4.46. The van der Waals surface area contributed by atoms with Crippen LogP contribution >= 0.6 is 0 Å². The fourth-order valence-corrected chi connectivity index (χ4v) is 1.02. The normalized spacial score (nSPS) is 14.5. The third-order valence-corrected chi connectivity index (χ3v) is 1.74. The molecule has 1 aromatic heterocycles. The maximum absolute atomic E-state index is 10.6. The molecule has 0 saturated carbocycles. The standard InChI is InChI=1S/C6H9N5O4/c7-5(6(14)15)3(1-4(12)13)11-9-2-8-10-11/h2-3,5H,1,7H2,(H,12,13)(H,14,15). The van der Waals surface area contributed by atoms with E-state index < -0.39 is 30.4 Å². The largest absolute Gasteiger partial charge is 0.481 e. The first kappa shape index (κ1) is 11.0. The van der Waals surface area contributed by atoms with Crippen LogP contribution in [0.5, 0.6) is 0 Å². The van der Waals surface area contributed by atoms with Gasteiger partial charge < -0.3 is 15.9 Å². The number of aliphatic carboxylic acids is 2. The van der Waals surface area contributed by atoms with Crippen LogP contribution in [0.3, 0.4) is 0 Å². The Labute approximate surface area is 83.5 Å². The molecule has 4 N–H and O–H groups in total. The van der Waals surface area contributed by atoms with E-state index in [-0.39, 0.29) is 0 Å². The number of carboxylic acid groups (broad SMARTS) is 2. The van der Waals surface area contributed by atoms with E-state index in [4.69, 9.17) is 15.9 Å². The number of nitrogens with two attached hydrogens (primary N) is 1. The Hall–Kier alpha value is -2.03. The van der Waals surface area contributed by atoms with Gasteiger partial charge in [0.05, 0.1) is 6.42 Å². The second-order valence-electron chi connectivity index (χ2n) is 2.79. The molecule has 0 spiro atoms. The molecule has 0 aromatic carbocycles. The van der Waals surface area contributed by atoms with Crippen molar-refractivity contribution in [2.75, 3.05) is 0 Å². The Morgan fingerprint density at radius 3 is 2.53 bits per heavy atom. The van der Waals surface area contributed by atoms with Gasteiger partial charge in [-0.3, -0.25) is 9.59 Å². The Kier molecular flexibility index (Phi) is 3.29. The molecule has 1 rings (SSSR count). The van der Waals surface area contributed by atoms with E-state index in [0.29, 0.717) is 0 Å². The van der Waals surface area contributed by atoms with Crippen LogP contribution in [-0.2, 0) is 9.59 Å². The zero-order valence-corrected chi connectivity index (χ0v) is 7.52. The van der Waals surface area contributed by atoms with Crippen molar-refractivity contribution < 1.29 is 19.8 Å². The summed E-state index contributed by atoms with van der Waals surface area (Å²) >= 11 is 0. The van der Waals surface area contributed by atoms with Gasteiger partial charge in [0, 0.05) is 0 Å². The molecule has 1 heterocycles. The first-order valence-electron chi connectivity index (χ1n) is 3.95. The highest BCUT2D eigenvalue weighted by molar-refractivity contribution is 5.75. The summed E-state index contributed by atoms with van der Waals surface area (Å²) < 4.78 is 0. The molecule has 15 heavy (non-hydrogen) atoms. The molecule has 0 aliphatic rings. The van der Waals surface area contributed by atoms with Crippen molar-refractivity contribution in [1.29, 1.82) is 0 Å². The van der Waals surface area contributed by atoms with Gasteiger partial charge in [-0.1, -0.05) is 0 Å². The molecule has 1 aromatic rings. The number of carboxylic acids is 2. The molecule has 9 nitrogen and oxygen atoms in total. The van der Waals surface area contributed by atoms with Gasteiger partial charge in [-0.2, -0.15) is 4.80 Å². The van der Waals surface area contributed by atoms with E-state index in [1.54, 1.807) is 0 Å². The maximum Gasteiger partial charge on any atom is 0.322 e. The van der Waals surface area contributed by atoms with Crippen molar-refractivity contribution in [3.05, 3.63) is 6.33 Å². The van der Waals surface area contributed by atoms with E-state index in [0.717, 1.165) is 11.1 Å². The van der Waals surface area contributed by atoms with E-state index in [2.05, 4.69) is 15.4 Å². The predicted molar refractivity (Wildman–Crippen MR) is 44.7 cm³/mol. The van der Waals surface area contributed by atoms with Crippen LogP contribution < -0.4 is 5.73 Å². The lowest BCUT2D eigenvalue weighted by molar-refractivity contribution is -0.142. The number of nitrogens with zero attached hydrogens (tertiary/aromatic N) is 4. The van der Waals surface area contributed by atoms with Crippen LogP contribution in [-0.4, -0.2) is 48.4 Å². The fourth-order valence-electron chi connectivity index (χ4n) is 1.02. The quantitative estimate of drug-likeness (QED) is 0.516. The van der Waals surface area contributed by atoms with Gasteiger partial charge in [0.15, 0.2) is 6.33 Å². The Morgan fingerprint density at radius 2 is 2.13 bits per heavy atom. The number of tetrazole rings is 1. The van der Waals surface area contributed by atoms with Crippen LogP contribution in [0.25, 0.3) is 0 Å². The predicted octanol–water partition coefficient (Wildman–Crippen LogP) is -1.90. The summed E-state index contributed by atoms with van der Waals surface area (Å²) in [5.74, 6) is -2.51. The minimum Gasteiger partial charge on any atom is -0.481 e.